The Hall–Kier alpha value is -1.32. The van der Waals surface area contributed by atoms with Crippen molar-refractivity contribution in [3.63, 3.8) is 0 Å². The molecule has 2 rings (SSSR count). The van der Waals surface area contributed by atoms with E-state index < -0.39 is 5.97 Å². The lowest BCUT2D eigenvalue weighted by Gasteiger charge is -2.07. The molecule has 0 aliphatic rings. The summed E-state index contributed by atoms with van der Waals surface area (Å²) < 4.78 is 6.04. The van der Waals surface area contributed by atoms with Crippen molar-refractivity contribution >= 4 is 33.5 Å². The SMILES string of the molecule is Cc1ccc(OC(=O)c2ccccc2Cl)c(Br)c1. The van der Waals surface area contributed by atoms with Gasteiger partial charge in [-0.1, -0.05) is 29.8 Å². The van der Waals surface area contributed by atoms with Crippen LogP contribution in [-0.4, -0.2) is 5.97 Å². The zero-order chi connectivity index (χ0) is 13.1. The van der Waals surface area contributed by atoms with Crippen LogP contribution in [0.3, 0.4) is 0 Å². The summed E-state index contributed by atoms with van der Waals surface area (Å²) >= 11 is 9.29. The average molecular weight is 326 g/mol. The number of halogens is 2. The second-order valence-electron chi connectivity index (χ2n) is 3.80. The van der Waals surface area contributed by atoms with Gasteiger partial charge in [0.1, 0.15) is 5.75 Å². The average Bonchev–Trinajstić information content (AvgIpc) is 2.33. The molecule has 2 aromatic carbocycles. The van der Waals surface area contributed by atoms with Gasteiger partial charge in [0.15, 0.2) is 0 Å². The van der Waals surface area contributed by atoms with E-state index in [-0.39, 0.29) is 0 Å². The van der Waals surface area contributed by atoms with Crippen LogP contribution in [0, 0.1) is 6.92 Å². The first-order valence-corrected chi connectivity index (χ1v) is 6.48. The van der Waals surface area contributed by atoms with Crippen molar-refractivity contribution in [2.45, 2.75) is 6.92 Å². The third-order valence-electron chi connectivity index (χ3n) is 2.38. The maximum Gasteiger partial charge on any atom is 0.345 e. The first-order valence-electron chi connectivity index (χ1n) is 5.31. The normalized spacial score (nSPS) is 10.2. The second-order valence-corrected chi connectivity index (χ2v) is 5.06. The molecule has 4 heteroatoms. The fourth-order valence-electron chi connectivity index (χ4n) is 1.47. The molecule has 0 aliphatic heterocycles. The van der Waals surface area contributed by atoms with Gasteiger partial charge in [-0.25, -0.2) is 4.79 Å². The van der Waals surface area contributed by atoms with E-state index in [0.29, 0.717) is 16.3 Å². The summed E-state index contributed by atoms with van der Waals surface area (Å²) in [5.41, 5.74) is 1.44. The molecule has 0 aromatic heterocycles. The molecule has 2 aromatic rings. The van der Waals surface area contributed by atoms with Crippen molar-refractivity contribution in [2.24, 2.45) is 0 Å². The molecule has 0 amide bonds. The highest BCUT2D eigenvalue weighted by molar-refractivity contribution is 9.10. The fraction of sp³-hybridized carbons (Fsp3) is 0.0714. The third kappa shape index (κ3) is 2.92. The Bertz CT molecular complexity index is 596. The number of hydrogen-bond donors (Lipinski definition) is 0. The predicted octanol–water partition coefficient (Wildman–Crippen LogP) is 4.63. The molecule has 0 saturated carbocycles. The summed E-state index contributed by atoms with van der Waals surface area (Å²) in [7, 11) is 0. The van der Waals surface area contributed by atoms with Crippen molar-refractivity contribution in [3.05, 3.63) is 63.1 Å². The maximum atomic E-state index is 11.9. The molecule has 92 valence electrons. The number of carbonyl (C=O) groups is 1. The standard InChI is InChI=1S/C14H10BrClO2/c1-9-6-7-13(11(15)8-9)18-14(17)10-4-2-3-5-12(10)16/h2-8H,1H3. The van der Waals surface area contributed by atoms with Gasteiger partial charge in [-0.15, -0.1) is 0 Å². The molecule has 0 radical (unpaired) electrons. The Kier molecular flexibility index (Phi) is 4.04. The van der Waals surface area contributed by atoms with Gasteiger partial charge < -0.3 is 4.74 Å². The lowest BCUT2D eigenvalue weighted by Crippen LogP contribution is -2.09. The zero-order valence-corrected chi connectivity index (χ0v) is 12.0. The van der Waals surface area contributed by atoms with Gasteiger partial charge in [-0.05, 0) is 52.7 Å². The van der Waals surface area contributed by atoms with E-state index in [1.165, 1.54) is 0 Å². The Balaban J connectivity index is 2.24. The molecule has 0 atom stereocenters. The monoisotopic (exact) mass is 324 g/mol. The first kappa shape index (κ1) is 13.1. The van der Waals surface area contributed by atoms with Crippen LogP contribution in [0.5, 0.6) is 5.75 Å². The van der Waals surface area contributed by atoms with Crippen molar-refractivity contribution in [1.29, 1.82) is 0 Å². The summed E-state index contributed by atoms with van der Waals surface area (Å²) in [6.07, 6.45) is 0. The van der Waals surface area contributed by atoms with Crippen LogP contribution in [0.2, 0.25) is 5.02 Å². The molecule has 0 saturated heterocycles. The van der Waals surface area contributed by atoms with Crippen LogP contribution in [0.25, 0.3) is 0 Å². The van der Waals surface area contributed by atoms with Crippen LogP contribution >= 0.6 is 27.5 Å². The minimum atomic E-state index is -0.467. The molecular weight excluding hydrogens is 316 g/mol. The van der Waals surface area contributed by atoms with Crippen molar-refractivity contribution in [2.75, 3.05) is 0 Å². The smallest absolute Gasteiger partial charge is 0.345 e. The summed E-state index contributed by atoms with van der Waals surface area (Å²) in [5, 5.41) is 0.380. The first-order chi connectivity index (χ1) is 8.58. The van der Waals surface area contributed by atoms with Gasteiger partial charge in [0.2, 0.25) is 0 Å². The number of esters is 1. The van der Waals surface area contributed by atoms with E-state index in [9.17, 15) is 4.79 Å². The van der Waals surface area contributed by atoms with E-state index >= 15 is 0 Å². The predicted molar refractivity (Wildman–Crippen MR) is 75.3 cm³/mol. The second kappa shape index (κ2) is 5.55. The summed E-state index contributed by atoms with van der Waals surface area (Å²) in [4.78, 5) is 11.9. The fourth-order valence-corrected chi connectivity index (χ4v) is 2.26. The number of aryl methyl sites for hydroxylation is 1. The number of benzene rings is 2. The Morgan fingerprint density at radius 1 is 1.22 bits per heavy atom. The molecule has 0 fully saturated rings. The summed E-state index contributed by atoms with van der Waals surface area (Å²) in [6, 6.07) is 12.3. The van der Waals surface area contributed by atoms with Gasteiger partial charge in [0, 0.05) is 0 Å². The molecule has 0 heterocycles. The molecule has 0 bridgehead atoms. The molecule has 0 N–H and O–H groups in total. The lowest BCUT2D eigenvalue weighted by atomic mass is 10.2. The molecule has 0 aliphatic carbocycles. The highest BCUT2D eigenvalue weighted by Crippen LogP contribution is 2.27. The number of hydrogen-bond acceptors (Lipinski definition) is 2. The number of carbonyl (C=O) groups excluding carboxylic acids is 1. The van der Waals surface area contributed by atoms with E-state index in [4.69, 9.17) is 16.3 Å². The summed E-state index contributed by atoms with van der Waals surface area (Å²) in [6.45, 7) is 1.96. The molecule has 18 heavy (non-hydrogen) atoms. The minimum Gasteiger partial charge on any atom is -0.422 e. The van der Waals surface area contributed by atoms with Gasteiger partial charge in [0.25, 0.3) is 0 Å². The Labute approximate surface area is 119 Å². The maximum absolute atomic E-state index is 11.9. The van der Waals surface area contributed by atoms with Crippen LogP contribution in [-0.2, 0) is 0 Å². The highest BCUT2D eigenvalue weighted by Gasteiger charge is 2.13. The van der Waals surface area contributed by atoms with Gasteiger partial charge in [-0.3, -0.25) is 0 Å². The van der Waals surface area contributed by atoms with E-state index in [1.807, 2.05) is 19.1 Å². The molecule has 0 unspecified atom stereocenters. The van der Waals surface area contributed by atoms with Crippen molar-refractivity contribution in [1.82, 2.24) is 0 Å². The lowest BCUT2D eigenvalue weighted by molar-refractivity contribution is 0.0733. The quantitative estimate of drug-likeness (QED) is 0.594. The van der Waals surface area contributed by atoms with Gasteiger partial charge in [-0.2, -0.15) is 0 Å². The van der Waals surface area contributed by atoms with Crippen LogP contribution in [0.4, 0.5) is 0 Å². The highest BCUT2D eigenvalue weighted by atomic mass is 79.9. The number of rotatable bonds is 2. The van der Waals surface area contributed by atoms with E-state index in [0.717, 1.165) is 10.0 Å². The largest absolute Gasteiger partial charge is 0.422 e. The van der Waals surface area contributed by atoms with Crippen LogP contribution < -0.4 is 4.74 Å². The summed E-state index contributed by atoms with van der Waals surface area (Å²) in [5.74, 6) is 0.00988. The Morgan fingerprint density at radius 3 is 2.61 bits per heavy atom. The van der Waals surface area contributed by atoms with Crippen LogP contribution in [0.15, 0.2) is 46.9 Å². The van der Waals surface area contributed by atoms with Gasteiger partial charge >= 0.3 is 5.97 Å². The molecule has 0 spiro atoms. The molecule has 2 nitrogen and oxygen atoms in total. The topological polar surface area (TPSA) is 26.3 Å². The van der Waals surface area contributed by atoms with Crippen LogP contribution in [0.1, 0.15) is 15.9 Å². The third-order valence-corrected chi connectivity index (χ3v) is 3.33. The van der Waals surface area contributed by atoms with Crippen molar-refractivity contribution < 1.29 is 9.53 Å². The minimum absolute atomic E-state index is 0.353. The van der Waals surface area contributed by atoms with Gasteiger partial charge in [0.05, 0.1) is 15.1 Å². The van der Waals surface area contributed by atoms with E-state index in [1.54, 1.807) is 30.3 Å². The molecular formula is C14H10BrClO2. The zero-order valence-electron chi connectivity index (χ0n) is 9.61. The Morgan fingerprint density at radius 2 is 1.94 bits per heavy atom. The number of ether oxygens (including phenoxy) is 1. The van der Waals surface area contributed by atoms with Crippen molar-refractivity contribution in [3.8, 4) is 5.75 Å². The van der Waals surface area contributed by atoms with E-state index in [2.05, 4.69) is 15.9 Å².